The molecule has 10 heteroatoms. The molecule has 1 atom stereocenters. The lowest BCUT2D eigenvalue weighted by molar-refractivity contribution is -0.00354. The monoisotopic (exact) mass is 401 g/mol. The predicted octanol–water partition coefficient (Wildman–Crippen LogP) is 3.57. The summed E-state index contributed by atoms with van der Waals surface area (Å²) < 4.78 is -0.0211. The lowest BCUT2D eigenvalue weighted by Gasteiger charge is -2.37. The first-order chi connectivity index (χ1) is 8.69. The minimum atomic E-state index is -1.50. The fourth-order valence-electron chi connectivity index (χ4n) is 1.98. The van der Waals surface area contributed by atoms with Crippen LogP contribution in [-0.2, 0) is 6.54 Å². The molecular formula is C10H13Cl6N3O. The molecule has 1 aromatic heterocycles. The van der Waals surface area contributed by atoms with E-state index in [1.807, 2.05) is 0 Å². The lowest BCUT2D eigenvalue weighted by atomic mass is 9.91. The van der Waals surface area contributed by atoms with Crippen molar-refractivity contribution in [1.29, 1.82) is 0 Å². The van der Waals surface area contributed by atoms with Crippen LogP contribution in [-0.4, -0.2) is 39.5 Å². The minimum absolute atomic E-state index is 0. The number of rotatable bonds is 6. The number of hydrogen-bond donors (Lipinski definition) is 1. The van der Waals surface area contributed by atoms with Crippen molar-refractivity contribution in [2.75, 3.05) is 0 Å². The van der Waals surface area contributed by atoms with Gasteiger partial charge >= 0.3 is 0 Å². The number of halogens is 6. The summed E-state index contributed by atoms with van der Waals surface area (Å²) in [5, 5.41) is 14.8. The van der Waals surface area contributed by atoms with Crippen molar-refractivity contribution in [3.8, 4) is 0 Å². The first-order valence-corrected chi connectivity index (χ1v) is 7.59. The summed E-state index contributed by atoms with van der Waals surface area (Å²) in [5.41, 5.74) is -1.37. The molecular weight excluding hydrogens is 391 g/mol. The van der Waals surface area contributed by atoms with Crippen molar-refractivity contribution >= 4 is 70.4 Å². The number of aliphatic hydroxyl groups is 1. The highest BCUT2D eigenvalue weighted by molar-refractivity contribution is 6.59. The molecule has 1 aliphatic rings. The summed E-state index contributed by atoms with van der Waals surface area (Å²) >= 11 is 30.0. The Morgan fingerprint density at radius 3 is 2.35 bits per heavy atom. The summed E-state index contributed by atoms with van der Waals surface area (Å²) in [4.78, 5) is 1.99. The standard InChI is InChI=1S/C10H12Cl5N3O.ClH/c11-7(12)10(14,15)3-9(19,8(13)1-2-8)4-18-6-16-5-17-18;/h5-7,19H,1-4H2;1H. The first-order valence-electron chi connectivity index (χ1n) is 5.58. The van der Waals surface area contributed by atoms with Crippen LogP contribution in [0.1, 0.15) is 19.3 Å². The Labute approximate surface area is 148 Å². The quantitative estimate of drug-likeness (QED) is 0.739. The van der Waals surface area contributed by atoms with Gasteiger partial charge in [-0.05, 0) is 12.8 Å². The molecule has 1 aliphatic carbocycles. The van der Waals surface area contributed by atoms with E-state index in [0.29, 0.717) is 12.8 Å². The highest BCUT2D eigenvalue weighted by Gasteiger charge is 2.60. The van der Waals surface area contributed by atoms with Gasteiger partial charge in [0.15, 0.2) is 4.33 Å². The van der Waals surface area contributed by atoms with E-state index in [9.17, 15) is 5.11 Å². The minimum Gasteiger partial charge on any atom is -0.386 e. The molecule has 0 radical (unpaired) electrons. The smallest absolute Gasteiger partial charge is 0.151 e. The molecule has 1 N–H and O–H groups in total. The molecule has 1 aromatic rings. The van der Waals surface area contributed by atoms with Gasteiger partial charge in [0.05, 0.1) is 11.4 Å². The predicted molar refractivity (Wildman–Crippen MR) is 84.6 cm³/mol. The molecule has 0 saturated heterocycles. The van der Waals surface area contributed by atoms with Crippen LogP contribution in [0.4, 0.5) is 0 Å². The summed E-state index contributed by atoms with van der Waals surface area (Å²) in [5.74, 6) is 0. The highest BCUT2D eigenvalue weighted by atomic mass is 35.5. The van der Waals surface area contributed by atoms with Gasteiger partial charge in [-0.1, -0.05) is 23.2 Å². The third-order valence-electron chi connectivity index (χ3n) is 3.26. The van der Waals surface area contributed by atoms with Gasteiger partial charge in [-0.25, -0.2) is 4.98 Å². The molecule has 1 saturated carbocycles. The van der Waals surface area contributed by atoms with Gasteiger partial charge < -0.3 is 5.11 Å². The van der Waals surface area contributed by atoms with Gasteiger partial charge in [0.1, 0.15) is 23.1 Å². The maximum Gasteiger partial charge on any atom is 0.151 e. The fraction of sp³-hybridized carbons (Fsp3) is 0.800. The largest absolute Gasteiger partial charge is 0.386 e. The van der Waals surface area contributed by atoms with Crippen molar-refractivity contribution in [2.24, 2.45) is 0 Å². The van der Waals surface area contributed by atoms with Crippen LogP contribution < -0.4 is 0 Å². The Balaban J connectivity index is 0.00000200. The van der Waals surface area contributed by atoms with E-state index in [4.69, 9.17) is 58.0 Å². The second-order valence-electron chi connectivity index (χ2n) is 4.83. The van der Waals surface area contributed by atoms with Crippen LogP contribution >= 0.6 is 70.4 Å². The van der Waals surface area contributed by atoms with Crippen molar-refractivity contribution in [1.82, 2.24) is 14.8 Å². The van der Waals surface area contributed by atoms with Gasteiger partial charge in [-0.15, -0.1) is 47.2 Å². The van der Waals surface area contributed by atoms with E-state index in [0.717, 1.165) is 0 Å². The SMILES string of the molecule is Cl.OC(Cn1cncn1)(CC(Cl)(Cl)C(Cl)Cl)C1(Cl)CC1. The van der Waals surface area contributed by atoms with Gasteiger partial charge in [-0.3, -0.25) is 4.68 Å². The van der Waals surface area contributed by atoms with Gasteiger partial charge in [-0.2, -0.15) is 5.10 Å². The average Bonchev–Trinajstić information content (AvgIpc) is 2.86. The average molecular weight is 404 g/mol. The second kappa shape index (κ2) is 6.53. The molecule has 0 spiro atoms. The van der Waals surface area contributed by atoms with Gasteiger partial charge in [0, 0.05) is 6.42 Å². The van der Waals surface area contributed by atoms with Crippen molar-refractivity contribution < 1.29 is 5.11 Å². The molecule has 1 heterocycles. The first kappa shape index (κ1) is 18.9. The normalized spacial score (nSPS) is 20.4. The van der Waals surface area contributed by atoms with Crippen molar-refractivity contribution in [3.05, 3.63) is 12.7 Å². The van der Waals surface area contributed by atoms with E-state index < -0.39 is 19.6 Å². The van der Waals surface area contributed by atoms with Crippen LogP contribution in [0.2, 0.25) is 0 Å². The van der Waals surface area contributed by atoms with Crippen molar-refractivity contribution in [2.45, 2.75) is 45.5 Å². The van der Waals surface area contributed by atoms with Crippen LogP contribution in [0.25, 0.3) is 0 Å². The van der Waals surface area contributed by atoms with Crippen LogP contribution in [0.15, 0.2) is 12.7 Å². The molecule has 1 fully saturated rings. The van der Waals surface area contributed by atoms with E-state index in [1.54, 1.807) is 0 Å². The molecule has 20 heavy (non-hydrogen) atoms. The van der Waals surface area contributed by atoms with E-state index in [-0.39, 0.29) is 25.4 Å². The van der Waals surface area contributed by atoms with Crippen LogP contribution in [0, 0.1) is 0 Å². The maximum atomic E-state index is 10.9. The molecule has 0 aliphatic heterocycles. The summed E-state index contributed by atoms with van der Waals surface area (Å²) in [6.45, 7) is 0.123. The summed E-state index contributed by atoms with van der Waals surface area (Å²) in [6, 6.07) is 0. The molecule has 0 amide bonds. The Hall–Kier alpha value is 0.840. The molecule has 1 unspecified atom stereocenters. The Bertz CT molecular complexity index is 436. The Kier molecular flexibility index (Phi) is 6.17. The zero-order valence-corrected chi connectivity index (χ0v) is 14.7. The fourth-order valence-corrected chi connectivity index (χ4v) is 2.80. The number of hydrogen-bond acceptors (Lipinski definition) is 3. The highest BCUT2D eigenvalue weighted by Crippen LogP contribution is 2.56. The number of aromatic nitrogens is 3. The number of nitrogens with zero attached hydrogens (tertiary/aromatic N) is 3. The van der Waals surface area contributed by atoms with Gasteiger partial charge in [0.2, 0.25) is 0 Å². The van der Waals surface area contributed by atoms with Crippen LogP contribution in [0.3, 0.4) is 0 Å². The summed E-state index contributed by atoms with van der Waals surface area (Å²) in [7, 11) is 0. The van der Waals surface area contributed by atoms with Gasteiger partial charge in [0.25, 0.3) is 0 Å². The third kappa shape index (κ3) is 3.97. The van der Waals surface area contributed by atoms with E-state index in [2.05, 4.69) is 10.1 Å². The molecule has 0 bridgehead atoms. The molecule has 0 aromatic carbocycles. The number of alkyl halides is 5. The van der Waals surface area contributed by atoms with E-state index >= 15 is 0 Å². The maximum absolute atomic E-state index is 10.9. The topological polar surface area (TPSA) is 50.9 Å². The molecule has 116 valence electrons. The Morgan fingerprint density at radius 1 is 1.35 bits per heavy atom. The lowest BCUT2D eigenvalue weighted by Crippen LogP contribution is -2.50. The molecule has 4 nitrogen and oxygen atoms in total. The third-order valence-corrected chi connectivity index (χ3v) is 5.89. The summed E-state index contributed by atoms with van der Waals surface area (Å²) in [6.07, 6.45) is 4.12. The zero-order chi connectivity index (χ0) is 14.3. The Morgan fingerprint density at radius 2 is 1.95 bits per heavy atom. The van der Waals surface area contributed by atoms with Crippen molar-refractivity contribution in [3.63, 3.8) is 0 Å². The molecule has 2 rings (SSSR count). The van der Waals surface area contributed by atoms with E-state index in [1.165, 1.54) is 17.3 Å². The van der Waals surface area contributed by atoms with Crippen LogP contribution in [0.5, 0.6) is 0 Å². The second-order valence-corrected chi connectivity index (χ2v) is 8.19. The zero-order valence-electron chi connectivity index (χ0n) is 10.1.